The largest absolute Gasteiger partial charge is 0.497 e. The molecule has 8 heteroatoms. The molecule has 33 heavy (non-hydrogen) atoms. The van der Waals surface area contributed by atoms with E-state index in [2.05, 4.69) is 22.5 Å². The number of carbonyl (C=O) groups is 2. The molecule has 176 valence electrons. The third-order valence-electron chi connectivity index (χ3n) is 6.70. The van der Waals surface area contributed by atoms with Crippen molar-refractivity contribution < 1.29 is 18.7 Å². The van der Waals surface area contributed by atoms with Crippen molar-refractivity contribution in [2.45, 2.75) is 45.1 Å². The predicted molar refractivity (Wildman–Crippen MR) is 126 cm³/mol. The Morgan fingerprint density at radius 2 is 2.00 bits per heavy atom. The van der Waals surface area contributed by atoms with E-state index in [1.807, 2.05) is 18.9 Å². The number of benzene rings is 1. The van der Waals surface area contributed by atoms with Crippen LogP contribution in [0.15, 0.2) is 33.8 Å². The molecule has 2 amide bonds. The third kappa shape index (κ3) is 4.80. The fraction of sp³-hybridized carbons (Fsp3) is 0.480. The average Bonchev–Trinajstić information content (AvgIpc) is 3.19. The van der Waals surface area contributed by atoms with Gasteiger partial charge in [-0.15, -0.1) is 0 Å². The number of piperidine rings is 1. The van der Waals surface area contributed by atoms with Crippen molar-refractivity contribution in [3.8, 4) is 5.75 Å². The van der Waals surface area contributed by atoms with Crippen LogP contribution in [0.1, 0.15) is 63.5 Å². The molecule has 1 saturated heterocycles. The van der Waals surface area contributed by atoms with Gasteiger partial charge in [-0.1, -0.05) is 6.07 Å². The highest BCUT2D eigenvalue weighted by Crippen LogP contribution is 2.31. The standard InChI is InChI=1S/C25H32N4O4/c1-16-22-20(26-27-24(30)17-7-5-8-19(15-17)32-4)9-6-10-21(22)33-23(16)25(31)29(3)18-11-13-28(2)14-12-18/h5,7-8,15,18H,6,9-14H2,1-4H3,(H,27,30)/b26-20+. The summed E-state index contributed by atoms with van der Waals surface area (Å²) in [4.78, 5) is 30.0. The maximum Gasteiger partial charge on any atom is 0.289 e. The smallest absolute Gasteiger partial charge is 0.289 e. The molecule has 0 unspecified atom stereocenters. The number of aryl methyl sites for hydroxylation is 1. The van der Waals surface area contributed by atoms with Crippen LogP contribution in [0.2, 0.25) is 0 Å². The normalized spacial score (nSPS) is 18.1. The van der Waals surface area contributed by atoms with Crippen LogP contribution in [0.3, 0.4) is 0 Å². The van der Waals surface area contributed by atoms with Gasteiger partial charge in [0.05, 0.1) is 12.8 Å². The van der Waals surface area contributed by atoms with E-state index in [1.165, 1.54) is 0 Å². The van der Waals surface area contributed by atoms with Gasteiger partial charge in [0.25, 0.3) is 11.8 Å². The second kappa shape index (κ2) is 9.79. The maximum absolute atomic E-state index is 13.3. The van der Waals surface area contributed by atoms with Crippen LogP contribution >= 0.6 is 0 Å². The van der Waals surface area contributed by atoms with Gasteiger partial charge in [0.1, 0.15) is 11.5 Å². The molecule has 8 nitrogen and oxygen atoms in total. The summed E-state index contributed by atoms with van der Waals surface area (Å²) < 4.78 is 11.3. The lowest BCUT2D eigenvalue weighted by atomic mass is 9.93. The highest BCUT2D eigenvalue weighted by atomic mass is 16.5. The molecule has 2 aliphatic rings. The fourth-order valence-electron chi connectivity index (χ4n) is 4.64. The summed E-state index contributed by atoms with van der Waals surface area (Å²) in [6.07, 6.45) is 4.24. The highest BCUT2D eigenvalue weighted by molar-refractivity contribution is 6.07. The first-order valence-corrected chi connectivity index (χ1v) is 11.5. The van der Waals surface area contributed by atoms with E-state index < -0.39 is 0 Å². The van der Waals surface area contributed by atoms with Crippen molar-refractivity contribution in [3.63, 3.8) is 0 Å². The number of hydrogen-bond donors (Lipinski definition) is 1. The topological polar surface area (TPSA) is 87.4 Å². The van der Waals surface area contributed by atoms with Gasteiger partial charge in [-0.2, -0.15) is 5.10 Å². The number of carbonyl (C=O) groups excluding carboxylic acids is 2. The van der Waals surface area contributed by atoms with Crippen molar-refractivity contribution in [1.29, 1.82) is 0 Å². The summed E-state index contributed by atoms with van der Waals surface area (Å²) in [6.45, 7) is 3.88. The second-order valence-electron chi connectivity index (χ2n) is 8.89. The Morgan fingerprint density at radius 3 is 2.73 bits per heavy atom. The van der Waals surface area contributed by atoms with Crippen LogP contribution in [-0.4, -0.2) is 67.7 Å². The molecule has 0 spiro atoms. The number of amides is 2. The van der Waals surface area contributed by atoms with E-state index in [0.717, 1.165) is 61.4 Å². The lowest BCUT2D eigenvalue weighted by Gasteiger charge is -2.34. The van der Waals surface area contributed by atoms with Crippen molar-refractivity contribution in [3.05, 3.63) is 52.5 Å². The van der Waals surface area contributed by atoms with Crippen molar-refractivity contribution in [2.75, 3.05) is 34.3 Å². The van der Waals surface area contributed by atoms with Gasteiger partial charge in [-0.05, 0) is 70.9 Å². The molecule has 1 aromatic heterocycles. The molecule has 1 aliphatic carbocycles. The molecule has 4 rings (SSSR count). The van der Waals surface area contributed by atoms with Gasteiger partial charge in [0.2, 0.25) is 0 Å². The predicted octanol–water partition coefficient (Wildman–Crippen LogP) is 3.23. The fourth-order valence-corrected chi connectivity index (χ4v) is 4.64. The molecule has 1 aliphatic heterocycles. The monoisotopic (exact) mass is 452 g/mol. The number of likely N-dealkylation sites (tertiary alicyclic amines) is 1. The molecule has 2 aromatic rings. The van der Waals surface area contributed by atoms with E-state index in [4.69, 9.17) is 9.15 Å². The van der Waals surface area contributed by atoms with Gasteiger partial charge in [0, 0.05) is 36.2 Å². The van der Waals surface area contributed by atoms with Crippen LogP contribution < -0.4 is 10.2 Å². The molecular weight excluding hydrogens is 420 g/mol. The van der Waals surface area contributed by atoms with Crippen LogP contribution in [0, 0.1) is 6.92 Å². The Kier molecular flexibility index (Phi) is 6.83. The minimum atomic E-state index is -0.312. The average molecular weight is 453 g/mol. The number of furan rings is 1. The molecule has 0 radical (unpaired) electrons. The molecule has 2 heterocycles. The molecular formula is C25H32N4O4. The highest BCUT2D eigenvalue weighted by Gasteiger charge is 2.32. The zero-order chi connectivity index (χ0) is 23.5. The van der Waals surface area contributed by atoms with Crippen molar-refractivity contribution >= 4 is 17.5 Å². The Balaban J connectivity index is 1.53. The summed E-state index contributed by atoms with van der Waals surface area (Å²) in [5.74, 6) is 1.37. The minimum absolute atomic E-state index is 0.0868. The zero-order valence-corrected chi connectivity index (χ0v) is 19.8. The summed E-state index contributed by atoms with van der Waals surface area (Å²) in [5.41, 5.74) is 5.52. The van der Waals surface area contributed by atoms with Crippen LogP contribution in [0.5, 0.6) is 5.75 Å². The molecule has 1 fully saturated rings. The first kappa shape index (κ1) is 23.0. The lowest BCUT2D eigenvalue weighted by molar-refractivity contribution is 0.0625. The second-order valence-corrected chi connectivity index (χ2v) is 8.89. The van der Waals surface area contributed by atoms with Crippen LogP contribution in [0.4, 0.5) is 0 Å². The number of nitrogens with one attached hydrogen (secondary N) is 1. The summed E-state index contributed by atoms with van der Waals surface area (Å²) >= 11 is 0. The number of fused-ring (bicyclic) bond motifs is 1. The van der Waals surface area contributed by atoms with Gasteiger partial charge >= 0.3 is 0 Å². The molecule has 1 N–H and O–H groups in total. The first-order valence-electron chi connectivity index (χ1n) is 11.5. The van der Waals surface area contributed by atoms with E-state index in [0.29, 0.717) is 23.5 Å². The molecule has 0 atom stereocenters. The Hall–Kier alpha value is -3.13. The van der Waals surface area contributed by atoms with E-state index >= 15 is 0 Å². The van der Waals surface area contributed by atoms with Gasteiger partial charge in [-0.25, -0.2) is 5.43 Å². The number of nitrogens with zero attached hydrogens (tertiary/aromatic N) is 3. The minimum Gasteiger partial charge on any atom is -0.497 e. The molecule has 1 aromatic carbocycles. The van der Waals surface area contributed by atoms with Crippen LogP contribution in [-0.2, 0) is 6.42 Å². The summed E-state index contributed by atoms with van der Waals surface area (Å²) in [7, 11) is 5.53. The SMILES string of the molecule is COc1cccc(C(=O)N/N=C2\CCCc3oc(C(=O)N(C)C4CCN(C)CC4)c(C)c32)c1. The number of ether oxygens (including phenoxy) is 1. The lowest BCUT2D eigenvalue weighted by Crippen LogP contribution is -2.44. The molecule has 0 saturated carbocycles. The molecule has 0 bridgehead atoms. The Morgan fingerprint density at radius 1 is 1.24 bits per heavy atom. The maximum atomic E-state index is 13.3. The summed E-state index contributed by atoms with van der Waals surface area (Å²) in [6, 6.07) is 7.14. The zero-order valence-electron chi connectivity index (χ0n) is 19.8. The summed E-state index contributed by atoms with van der Waals surface area (Å²) in [5, 5.41) is 4.42. The van der Waals surface area contributed by atoms with E-state index in [1.54, 1.807) is 31.4 Å². The van der Waals surface area contributed by atoms with Gasteiger partial charge < -0.3 is 19.0 Å². The number of hydrogen-bond acceptors (Lipinski definition) is 6. The Labute approximate surface area is 194 Å². The number of hydrazone groups is 1. The first-order chi connectivity index (χ1) is 15.9. The number of methoxy groups -OCH3 is 1. The quantitative estimate of drug-likeness (QED) is 0.704. The van der Waals surface area contributed by atoms with Gasteiger partial charge in [-0.3, -0.25) is 9.59 Å². The van der Waals surface area contributed by atoms with Crippen LogP contribution in [0.25, 0.3) is 0 Å². The Bertz CT molecular complexity index is 1070. The van der Waals surface area contributed by atoms with Crippen molar-refractivity contribution in [2.24, 2.45) is 5.10 Å². The van der Waals surface area contributed by atoms with E-state index in [9.17, 15) is 9.59 Å². The van der Waals surface area contributed by atoms with Gasteiger partial charge in [0.15, 0.2) is 5.76 Å². The van der Waals surface area contributed by atoms with E-state index in [-0.39, 0.29) is 17.9 Å². The van der Waals surface area contributed by atoms with Crippen molar-refractivity contribution in [1.82, 2.24) is 15.2 Å². The number of rotatable bonds is 5. The third-order valence-corrected chi connectivity index (χ3v) is 6.70.